The molecular weight excluding hydrogens is 359 g/mol. The zero-order valence-corrected chi connectivity index (χ0v) is 13.1. The Bertz CT molecular complexity index is 391. The molecule has 21 heavy (non-hydrogen) atoms. The van der Waals surface area contributed by atoms with Crippen molar-refractivity contribution in [1.82, 2.24) is 16.0 Å². The Morgan fingerprint density at radius 3 is 2.05 bits per heavy atom. The minimum absolute atomic E-state index is 0.407. The van der Waals surface area contributed by atoms with E-state index in [1.54, 1.807) is 0 Å². The first-order valence-corrected chi connectivity index (χ1v) is 7.23. The van der Waals surface area contributed by atoms with Gasteiger partial charge in [0, 0.05) is 11.9 Å². The Hall–Kier alpha value is -1.32. The van der Waals surface area contributed by atoms with E-state index in [0.29, 0.717) is 18.3 Å². The number of carbonyl (C=O) groups excluding carboxylic acids is 3. The molecule has 2 atom stereocenters. The van der Waals surface area contributed by atoms with E-state index in [4.69, 9.17) is 0 Å². The van der Waals surface area contributed by atoms with Crippen LogP contribution in [0.5, 0.6) is 0 Å². The smallest absolute Gasteiger partial charge is 0.354 e. The minimum Gasteiger partial charge on any atom is -0.354 e. The first-order chi connectivity index (χ1) is 9.59. The number of carbonyl (C=O) groups is 3. The summed E-state index contributed by atoms with van der Waals surface area (Å²) in [5.41, 5.74) is 0. The molecule has 0 bridgehead atoms. The van der Waals surface area contributed by atoms with E-state index in [0.717, 1.165) is 6.92 Å². The Morgan fingerprint density at radius 2 is 1.57 bits per heavy atom. The fourth-order valence-electron chi connectivity index (χ4n) is 1.18. The van der Waals surface area contributed by atoms with Crippen molar-refractivity contribution in [2.75, 3.05) is 11.9 Å². The van der Waals surface area contributed by atoms with Gasteiger partial charge in [0.1, 0.15) is 12.1 Å². The molecular formula is C11H17BrF3N3O3. The van der Waals surface area contributed by atoms with E-state index in [9.17, 15) is 27.6 Å². The summed E-state index contributed by atoms with van der Waals surface area (Å²) in [7, 11) is 0. The Morgan fingerprint density at radius 1 is 1.05 bits per heavy atom. The predicted octanol–water partition coefficient (Wildman–Crippen LogP) is 0.459. The Labute approximate surface area is 128 Å². The number of alkyl halides is 4. The maximum Gasteiger partial charge on any atom is 0.471 e. The number of halogens is 4. The van der Waals surface area contributed by atoms with Crippen LogP contribution in [0.4, 0.5) is 13.2 Å². The van der Waals surface area contributed by atoms with E-state index in [1.165, 1.54) is 12.2 Å². The third-order valence-electron chi connectivity index (χ3n) is 2.36. The lowest BCUT2D eigenvalue weighted by atomic mass is 10.2. The molecule has 122 valence electrons. The van der Waals surface area contributed by atoms with Crippen LogP contribution in [-0.4, -0.2) is 47.9 Å². The molecule has 10 heteroatoms. The number of hydrogen-bond acceptors (Lipinski definition) is 3. The summed E-state index contributed by atoms with van der Waals surface area (Å²) >= 11 is 3.18. The molecule has 0 radical (unpaired) electrons. The van der Waals surface area contributed by atoms with Crippen LogP contribution in [0.25, 0.3) is 0 Å². The van der Waals surface area contributed by atoms with Gasteiger partial charge in [-0.15, -0.1) is 0 Å². The highest BCUT2D eigenvalue weighted by Gasteiger charge is 2.40. The van der Waals surface area contributed by atoms with Crippen LogP contribution in [-0.2, 0) is 14.4 Å². The number of nitrogens with one attached hydrogen (secondary N) is 3. The monoisotopic (exact) mass is 375 g/mol. The van der Waals surface area contributed by atoms with Gasteiger partial charge in [0.2, 0.25) is 11.8 Å². The minimum atomic E-state index is -5.06. The molecule has 0 fully saturated rings. The van der Waals surface area contributed by atoms with Gasteiger partial charge in [-0.3, -0.25) is 14.4 Å². The zero-order chi connectivity index (χ0) is 16.6. The predicted molar refractivity (Wildman–Crippen MR) is 72.7 cm³/mol. The summed E-state index contributed by atoms with van der Waals surface area (Å²) < 4.78 is 36.1. The van der Waals surface area contributed by atoms with Crippen LogP contribution in [0.15, 0.2) is 0 Å². The molecule has 0 spiro atoms. The second-order valence-corrected chi connectivity index (χ2v) is 5.05. The molecule has 6 nitrogen and oxygen atoms in total. The Kier molecular flexibility index (Phi) is 8.30. The third-order valence-corrected chi connectivity index (χ3v) is 2.92. The van der Waals surface area contributed by atoms with Gasteiger partial charge >= 0.3 is 12.1 Å². The van der Waals surface area contributed by atoms with Crippen LogP contribution in [0.1, 0.15) is 20.3 Å². The summed E-state index contributed by atoms with van der Waals surface area (Å²) in [5, 5.41) is 6.97. The SMILES string of the molecule is C[C@H](NC(=O)[C@H](C)NC(=O)C(F)(F)F)C(=O)NCCCBr. The van der Waals surface area contributed by atoms with E-state index in [2.05, 4.69) is 26.6 Å². The Balaban J connectivity index is 4.28. The lowest BCUT2D eigenvalue weighted by Gasteiger charge is -2.18. The van der Waals surface area contributed by atoms with Crippen LogP contribution >= 0.6 is 15.9 Å². The van der Waals surface area contributed by atoms with E-state index < -0.39 is 36.0 Å². The van der Waals surface area contributed by atoms with E-state index in [-0.39, 0.29) is 0 Å². The molecule has 3 amide bonds. The second kappa shape index (κ2) is 8.85. The second-order valence-electron chi connectivity index (χ2n) is 4.26. The maximum absolute atomic E-state index is 12.0. The topological polar surface area (TPSA) is 87.3 Å². The summed E-state index contributed by atoms with van der Waals surface area (Å²) in [6.07, 6.45) is -4.36. The normalized spacial score (nSPS) is 14.0. The summed E-state index contributed by atoms with van der Waals surface area (Å²) in [4.78, 5) is 33.8. The van der Waals surface area contributed by atoms with Crippen molar-refractivity contribution >= 4 is 33.7 Å². The molecule has 0 unspecified atom stereocenters. The number of amides is 3. The lowest BCUT2D eigenvalue weighted by Crippen LogP contribution is -2.53. The van der Waals surface area contributed by atoms with Crippen molar-refractivity contribution in [2.45, 2.75) is 38.5 Å². The fraction of sp³-hybridized carbons (Fsp3) is 0.727. The maximum atomic E-state index is 12.0. The van der Waals surface area contributed by atoms with Crippen LogP contribution in [0.3, 0.4) is 0 Å². The van der Waals surface area contributed by atoms with Gasteiger partial charge in [-0.25, -0.2) is 0 Å². The lowest BCUT2D eigenvalue weighted by molar-refractivity contribution is -0.174. The third kappa shape index (κ3) is 7.88. The van der Waals surface area contributed by atoms with Gasteiger partial charge in [0.15, 0.2) is 0 Å². The fourth-order valence-corrected chi connectivity index (χ4v) is 1.46. The summed E-state index contributed by atoms with van der Waals surface area (Å²) in [5.74, 6) is -3.55. The van der Waals surface area contributed by atoms with Gasteiger partial charge < -0.3 is 16.0 Å². The molecule has 3 N–H and O–H groups in total. The molecule has 0 aliphatic rings. The molecule has 0 heterocycles. The first kappa shape index (κ1) is 19.7. The highest BCUT2D eigenvalue weighted by Crippen LogP contribution is 2.14. The molecule has 0 aliphatic heterocycles. The van der Waals surface area contributed by atoms with Crippen LogP contribution in [0.2, 0.25) is 0 Å². The largest absolute Gasteiger partial charge is 0.471 e. The number of hydrogen-bond donors (Lipinski definition) is 3. The molecule has 0 saturated heterocycles. The molecule has 0 aromatic rings. The van der Waals surface area contributed by atoms with Crippen LogP contribution < -0.4 is 16.0 Å². The van der Waals surface area contributed by atoms with Gasteiger partial charge in [-0.1, -0.05) is 15.9 Å². The van der Waals surface area contributed by atoms with Gasteiger partial charge in [0.05, 0.1) is 0 Å². The van der Waals surface area contributed by atoms with E-state index in [1.807, 2.05) is 0 Å². The quantitative estimate of drug-likeness (QED) is 0.446. The molecule has 0 aromatic carbocycles. The first-order valence-electron chi connectivity index (χ1n) is 6.11. The van der Waals surface area contributed by atoms with Gasteiger partial charge in [-0.2, -0.15) is 13.2 Å². The van der Waals surface area contributed by atoms with Crippen molar-refractivity contribution < 1.29 is 27.6 Å². The molecule has 0 aliphatic carbocycles. The molecule has 0 saturated carbocycles. The van der Waals surface area contributed by atoms with Crippen molar-refractivity contribution in [3.63, 3.8) is 0 Å². The van der Waals surface area contributed by atoms with Crippen molar-refractivity contribution in [1.29, 1.82) is 0 Å². The average molecular weight is 376 g/mol. The van der Waals surface area contributed by atoms with Crippen LogP contribution in [0, 0.1) is 0 Å². The van der Waals surface area contributed by atoms with Crippen molar-refractivity contribution in [3.8, 4) is 0 Å². The molecule has 0 aromatic heterocycles. The standard InChI is InChI=1S/C11H17BrF3N3O3/c1-6(8(19)16-5-3-4-12)17-9(20)7(2)18-10(21)11(13,14)15/h6-7H,3-5H2,1-2H3,(H,16,19)(H,17,20)(H,18,21)/t6-,7-/m0/s1. The highest BCUT2D eigenvalue weighted by atomic mass is 79.9. The summed E-state index contributed by atoms with van der Waals surface area (Å²) in [6, 6.07) is -2.32. The molecule has 0 rings (SSSR count). The van der Waals surface area contributed by atoms with Gasteiger partial charge in [0.25, 0.3) is 0 Å². The number of rotatable bonds is 7. The van der Waals surface area contributed by atoms with Gasteiger partial charge in [-0.05, 0) is 20.3 Å². The van der Waals surface area contributed by atoms with E-state index >= 15 is 0 Å². The average Bonchev–Trinajstić information content (AvgIpc) is 2.37. The van der Waals surface area contributed by atoms with Crippen molar-refractivity contribution in [2.24, 2.45) is 0 Å². The summed E-state index contributed by atoms with van der Waals surface area (Å²) in [6.45, 7) is 2.89. The highest BCUT2D eigenvalue weighted by molar-refractivity contribution is 9.09. The zero-order valence-electron chi connectivity index (χ0n) is 11.5. The van der Waals surface area contributed by atoms with Crippen molar-refractivity contribution in [3.05, 3.63) is 0 Å².